The quantitative estimate of drug-likeness (QED) is 0.732. The second-order valence-corrected chi connectivity index (χ2v) is 6.49. The maximum absolute atomic E-state index is 12.5. The molecule has 0 unspecified atom stereocenters. The van der Waals surface area contributed by atoms with E-state index in [0.29, 0.717) is 27.9 Å². The molecule has 1 N–H and O–H groups in total. The van der Waals surface area contributed by atoms with Gasteiger partial charge in [-0.15, -0.1) is 0 Å². The Hall–Kier alpha value is -0.990. The molecule has 1 aliphatic carbocycles. The number of halogens is 2. The first-order valence-corrected chi connectivity index (χ1v) is 7.90. The monoisotopic (exact) mass is 309 g/mol. The van der Waals surface area contributed by atoms with Gasteiger partial charge < -0.3 is 4.98 Å². The fourth-order valence-electron chi connectivity index (χ4n) is 3.17. The zero-order valence-corrected chi connectivity index (χ0v) is 12.7. The van der Waals surface area contributed by atoms with Crippen LogP contribution in [0.5, 0.6) is 0 Å². The van der Waals surface area contributed by atoms with Crippen molar-refractivity contribution in [2.24, 2.45) is 5.92 Å². The number of carbonyl (C=O) groups is 1. The number of carbonyl (C=O) groups excluding carboxylic acids is 1. The molecule has 2 aromatic rings. The molecule has 3 rings (SSSR count). The largest absolute Gasteiger partial charge is 0.360 e. The molecule has 0 atom stereocenters. The molecule has 1 aliphatic rings. The lowest BCUT2D eigenvalue weighted by Crippen LogP contribution is -2.12. The Kier molecular flexibility index (Phi) is 4.04. The number of hydrogen-bond acceptors (Lipinski definition) is 1. The molecule has 1 heterocycles. The standard InChI is InChI=1S/C16H17Cl2NO/c17-11-7-13(18)16-12(9-19-14(16)8-11)15(20)6-10-4-2-1-3-5-10/h7-10,19H,1-6H2. The minimum atomic E-state index is 0.187. The van der Waals surface area contributed by atoms with Gasteiger partial charge >= 0.3 is 0 Å². The molecule has 1 aromatic carbocycles. The summed E-state index contributed by atoms with van der Waals surface area (Å²) in [4.78, 5) is 15.6. The topological polar surface area (TPSA) is 32.9 Å². The van der Waals surface area contributed by atoms with Gasteiger partial charge in [0.25, 0.3) is 0 Å². The van der Waals surface area contributed by atoms with E-state index in [1.54, 1.807) is 18.3 Å². The van der Waals surface area contributed by atoms with Crippen LogP contribution in [0.2, 0.25) is 10.0 Å². The number of benzene rings is 1. The molecule has 0 aliphatic heterocycles. The highest BCUT2D eigenvalue weighted by Crippen LogP contribution is 2.33. The van der Waals surface area contributed by atoms with Gasteiger partial charge in [0.1, 0.15) is 0 Å². The van der Waals surface area contributed by atoms with Gasteiger partial charge in [0, 0.05) is 34.1 Å². The minimum absolute atomic E-state index is 0.187. The molecule has 106 valence electrons. The van der Waals surface area contributed by atoms with Gasteiger partial charge in [0.2, 0.25) is 0 Å². The predicted molar refractivity (Wildman–Crippen MR) is 83.8 cm³/mol. The maximum Gasteiger partial charge on any atom is 0.165 e. The van der Waals surface area contributed by atoms with Gasteiger partial charge in [-0.05, 0) is 18.1 Å². The first-order valence-electron chi connectivity index (χ1n) is 7.14. The number of Topliss-reactive ketones (excluding diaryl/α,β-unsaturated/α-hetero) is 1. The van der Waals surface area contributed by atoms with Crippen molar-refractivity contribution in [1.29, 1.82) is 0 Å². The Bertz CT molecular complexity index is 641. The molecular formula is C16H17Cl2NO. The van der Waals surface area contributed by atoms with Crippen LogP contribution < -0.4 is 0 Å². The molecule has 1 aromatic heterocycles. The van der Waals surface area contributed by atoms with Crippen LogP contribution in [0.1, 0.15) is 48.9 Å². The minimum Gasteiger partial charge on any atom is -0.360 e. The number of hydrogen-bond donors (Lipinski definition) is 1. The fraction of sp³-hybridized carbons (Fsp3) is 0.438. The summed E-state index contributed by atoms with van der Waals surface area (Å²) < 4.78 is 0. The molecule has 0 amide bonds. The van der Waals surface area contributed by atoms with Crippen molar-refractivity contribution in [1.82, 2.24) is 4.98 Å². The molecule has 0 spiro atoms. The second-order valence-electron chi connectivity index (χ2n) is 5.64. The molecule has 2 nitrogen and oxygen atoms in total. The van der Waals surface area contributed by atoms with Crippen molar-refractivity contribution < 1.29 is 4.79 Å². The Labute approximate surface area is 128 Å². The van der Waals surface area contributed by atoms with E-state index in [4.69, 9.17) is 23.2 Å². The molecule has 20 heavy (non-hydrogen) atoms. The lowest BCUT2D eigenvalue weighted by Gasteiger charge is -2.20. The van der Waals surface area contributed by atoms with Crippen molar-refractivity contribution in [3.63, 3.8) is 0 Å². The summed E-state index contributed by atoms with van der Waals surface area (Å²) in [6.45, 7) is 0. The van der Waals surface area contributed by atoms with E-state index in [1.807, 2.05) is 0 Å². The molecule has 1 saturated carbocycles. The third kappa shape index (κ3) is 2.72. The van der Waals surface area contributed by atoms with Crippen LogP contribution in [0.3, 0.4) is 0 Å². The summed E-state index contributed by atoms with van der Waals surface area (Å²) in [6, 6.07) is 3.50. The van der Waals surface area contributed by atoms with Gasteiger partial charge in [-0.1, -0.05) is 55.3 Å². The van der Waals surface area contributed by atoms with Crippen LogP contribution in [0.25, 0.3) is 10.9 Å². The Morgan fingerprint density at radius 3 is 2.70 bits per heavy atom. The zero-order valence-electron chi connectivity index (χ0n) is 11.2. The summed E-state index contributed by atoms with van der Waals surface area (Å²) in [5, 5.41) is 1.92. The number of ketones is 1. The average Bonchev–Trinajstić information content (AvgIpc) is 2.84. The third-order valence-electron chi connectivity index (χ3n) is 4.20. The highest BCUT2D eigenvalue weighted by atomic mass is 35.5. The molecule has 0 saturated heterocycles. The summed E-state index contributed by atoms with van der Waals surface area (Å²) >= 11 is 12.2. The van der Waals surface area contributed by atoms with Crippen LogP contribution in [0.15, 0.2) is 18.3 Å². The second kappa shape index (κ2) is 5.79. The predicted octanol–water partition coefficient (Wildman–Crippen LogP) is 5.63. The van der Waals surface area contributed by atoms with Gasteiger partial charge in [0.15, 0.2) is 5.78 Å². The fourth-order valence-corrected chi connectivity index (χ4v) is 3.76. The molecule has 4 heteroatoms. The number of fused-ring (bicyclic) bond motifs is 1. The van der Waals surface area contributed by atoms with Crippen molar-refractivity contribution in [3.05, 3.63) is 33.9 Å². The zero-order chi connectivity index (χ0) is 14.1. The lowest BCUT2D eigenvalue weighted by atomic mass is 9.85. The van der Waals surface area contributed by atoms with E-state index in [2.05, 4.69) is 4.98 Å². The van der Waals surface area contributed by atoms with Gasteiger partial charge in [-0.25, -0.2) is 0 Å². The molecular weight excluding hydrogens is 293 g/mol. The molecule has 0 radical (unpaired) electrons. The summed E-state index contributed by atoms with van der Waals surface area (Å²) in [5.74, 6) is 0.722. The van der Waals surface area contributed by atoms with E-state index >= 15 is 0 Å². The van der Waals surface area contributed by atoms with Crippen molar-refractivity contribution >= 4 is 39.9 Å². The highest BCUT2D eigenvalue weighted by Gasteiger charge is 2.21. The summed E-state index contributed by atoms with van der Waals surface area (Å²) in [5.41, 5.74) is 1.53. The van der Waals surface area contributed by atoms with E-state index in [9.17, 15) is 4.79 Å². The van der Waals surface area contributed by atoms with Gasteiger partial charge in [0.05, 0.1) is 5.02 Å². The SMILES string of the molecule is O=C(CC1CCCCC1)c1c[nH]c2cc(Cl)cc(Cl)c12. The van der Waals surface area contributed by atoms with Gasteiger partial charge in [-0.2, -0.15) is 0 Å². The highest BCUT2D eigenvalue weighted by molar-refractivity contribution is 6.39. The Balaban J connectivity index is 1.88. The Morgan fingerprint density at radius 2 is 1.95 bits per heavy atom. The van der Waals surface area contributed by atoms with E-state index in [0.717, 1.165) is 10.9 Å². The van der Waals surface area contributed by atoms with Crippen LogP contribution in [-0.4, -0.2) is 10.8 Å². The number of rotatable bonds is 3. The first-order chi connectivity index (χ1) is 9.65. The van der Waals surface area contributed by atoms with E-state index < -0.39 is 0 Å². The first kappa shape index (κ1) is 14.0. The van der Waals surface area contributed by atoms with E-state index in [1.165, 1.54) is 32.1 Å². The number of aromatic nitrogens is 1. The van der Waals surface area contributed by atoms with Gasteiger partial charge in [-0.3, -0.25) is 4.79 Å². The van der Waals surface area contributed by atoms with Crippen molar-refractivity contribution in [3.8, 4) is 0 Å². The normalized spacial score (nSPS) is 16.7. The smallest absolute Gasteiger partial charge is 0.165 e. The maximum atomic E-state index is 12.5. The summed E-state index contributed by atoms with van der Waals surface area (Å²) in [6.07, 6.45) is 8.55. The van der Waals surface area contributed by atoms with Crippen LogP contribution in [0, 0.1) is 5.92 Å². The molecule has 1 fully saturated rings. The van der Waals surface area contributed by atoms with Crippen LogP contribution in [-0.2, 0) is 0 Å². The Morgan fingerprint density at radius 1 is 1.20 bits per heavy atom. The van der Waals surface area contributed by atoms with Crippen LogP contribution in [0.4, 0.5) is 0 Å². The van der Waals surface area contributed by atoms with E-state index in [-0.39, 0.29) is 5.78 Å². The summed E-state index contributed by atoms with van der Waals surface area (Å²) in [7, 11) is 0. The van der Waals surface area contributed by atoms with Crippen molar-refractivity contribution in [2.75, 3.05) is 0 Å². The average molecular weight is 310 g/mol. The van der Waals surface area contributed by atoms with Crippen LogP contribution >= 0.6 is 23.2 Å². The number of H-pyrrole nitrogens is 1. The van der Waals surface area contributed by atoms with Crippen molar-refractivity contribution in [2.45, 2.75) is 38.5 Å². The third-order valence-corrected chi connectivity index (χ3v) is 4.71. The lowest BCUT2D eigenvalue weighted by molar-refractivity contribution is 0.0952. The number of nitrogens with one attached hydrogen (secondary N) is 1. The number of aromatic amines is 1. The molecule has 0 bridgehead atoms.